The summed E-state index contributed by atoms with van der Waals surface area (Å²) in [6.45, 7) is 2.58. The van der Waals surface area contributed by atoms with Crippen LogP contribution < -0.4 is 5.32 Å². The highest BCUT2D eigenvalue weighted by molar-refractivity contribution is 7.98. The molecule has 1 amide bonds. The van der Waals surface area contributed by atoms with Crippen LogP contribution in [-0.4, -0.2) is 37.4 Å². The summed E-state index contributed by atoms with van der Waals surface area (Å²) in [7, 11) is 0. The number of benzene rings is 1. The molecule has 0 aliphatic heterocycles. The lowest BCUT2D eigenvalue weighted by Crippen LogP contribution is -2.25. The first-order valence-corrected chi connectivity index (χ1v) is 9.44. The Hall–Kier alpha value is -2.45. The smallest absolute Gasteiger partial charge is 0.273 e. The molecule has 0 spiro atoms. The molecule has 26 heavy (non-hydrogen) atoms. The summed E-state index contributed by atoms with van der Waals surface area (Å²) in [6.07, 6.45) is 4.21. The average molecular weight is 389 g/mol. The summed E-state index contributed by atoms with van der Waals surface area (Å²) < 4.78 is 1.65. The van der Waals surface area contributed by atoms with Crippen LogP contribution in [0.15, 0.2) is 47.9 Å². The molecule has 0 unspecified atom stereocenters. The predicted octanol–water partition coefficient (Wildman–Crippen LogP) is 3.14. The highest BCUT2D eigenvalue weighted by atomic mass is 35.5. The molecule has 1 aromatic carbocycles. The number of carbonyl (C=O) groups excluding carboxylic acids is 1. The second-order valence-electron chi connectivity index (χ2n) is 5.35. The fraction of sp³-hybridized carbons (Fsp3) is 0.235. The van der Waals surface area contributed by atoms with Crippen molar-refractivity contribution in [3.63, 3.8) is 0 Å². The maximum absolute atomic E-state index is 12.4. The molecule has 1 N–H and O–H groups in total. The third-order valence-corrected chi connectivity index (χ3v) is 4.60. The SMILES string of the molecule is CCCNC(=O)c1nnn(-c2ccc(Cl)cc2)c1CSc1ncccn1. The summed E-state index contributed by atoms with van der Waals surface area (Å²) in [4.78, 5) is 20.8. The lowest BCUT2D eigenvalue weighted by molar-refractivity contribution is 0.0948. The highest BCUT2D eigenvalue weighted by Crippen LogP contribution is 2.23. The number of amides is 1. The normalized spacial score (nSPS) is 10.7. The van der Waals surface area contributed by atoms with E-state index >= 15 is 0 Å². The number of thioether (sulfide) groups is 1. The zero-order valence-electron chi connectivity index (χ0n) is 14.1. The molecule has 3 rings (SSSR count). The van der Waals surface area contributed by atoms with Gasteiger partial charge in [-0.3, -0.25) is 4.79 Å². The number of carbonyl (C=O) groups is 1. The molecule has 2 aromatic heterocycles. The Bertz CT molecular complexity index is 869. The lowest BCUT2D eigenvalue weighted by Gasteiger charge is -2.08. The quantitative estimate of drug-likeness (QED) is 0.494. The van der Waals surface area contributed by atoms with Gasteiger partial charge in [0, 0.05) is 29.7 Å². The first-order chi connectivity index (χ1) is 12.7. The molecule has 0 saturated carbocycles. The summed E-state index contributed by atoms with van der Waals surface area (Å²) in [5.74, 6) is 0.214. The Labute approximate surface area is 160 Å². The van der Waals surface area contributed by atoms with E-state index in [0.717, 1.165) is 12.1 Å². The van der Waals surface area contributed by atoms with Crippen LogP contribution in [0, 0.1) is 0 Å². The Morgan fingerprint density at radius 2 is 1.96 bits per heavy atom. The van der Waals surface area contributed by atoms with Crippen LogP contribution >= 0.6 is 23.4 Å². The number of nitrogens with zero attached hydrogens (tertiary/aromatic N) is 5. The van der Waals surface area contributed by atoms with E-state index in [4.69, 9.17) is 11.6 Å². The lowest BCUT2D eigenvalue weighted by atomic mass is 10.3. The summed E-state index contributed by atoms with van der Waals surface area (Å²) in [5, 5.41) is 12.4. The standard InChI is InChI=1S/C17H17ClN6OS/c1-2-8-19-16(25)15-14(11-26-17-20-9-3-10-21-17)24(23-22-15)13-6-4-12(18)5-7-13/h3-7,9-10H,2,8,11H2,1H3,(H,19,25). The van der Waals surface area contributed by atoms with Crippen molar-refractivity contribution < 1.29 is 4.79 Å². The zero-order chi connectivity index (χ0) is 18.4. The largest absolute Gasteiger partial charge is 0.351 e. The fourth-order valence-corrected chi connectivity index (χ4v) is 3.13. The molecular weight excluding hydrogens is 372 g/mol. The predicted molar refractivity (Wildman–Crippen MR) is 101 cm³/mol. The zero-order valence-corrected chi connectivity index (χ0v) is 15.7. The van der Waals surface area contributed by atoms with Gasteiger partial charge >= 0.3 is 0 Å². The van der Waals surface area contributed by atoms with Gasteiger partial charge in [-0.15, -0.1) is 5.10 Å². The van der Waals surface area contributed by atoms with Gasteiger partial charge in [0.1, 0.15) is 0 Å². The van der Waals surface area contributed by atoms with Crippen molar-refractivity contribution in [2.45, 2.75) is 24.3 Å². The second-order valence-corrected chi connectivity index (χ2v) is 6.73. The molecule has 0 bridgehead atoms. The van der Waals surface area contributed by atoms with Crippen LogP contribution in [-0.2, 0) is 5.75 Å². The van der Waals surface area contributed by atoms with Gasteiger partial charge in [-0.1, -0.05) is 35.5 Å². The van der Waals surface area contributed by atoms with Crippen molar-refractivity contribution in [1.82, 2.24) is 30.3 Å². The first-order valence-electron chi connectivity index (χ1n) is 8.07. The molecule has 2 heterocycles. The average Bonchev–Trinajstić information content (AvgIpc) is 3.10. The van der Waals surface area contributed by atoms with Crippen LogP contribution in [0.2, 0.25) is 5.02 Å². The molecule has 0 atom stereocenters. The van der Waals surface area contributed by atoms with Gasteiger partial charge in [0.25, 0.3) is 5.91 Å². The third-order valence-electron chi connectivity index (χ3n) is 3.47. The minimum atomic E-state index is -0.239. The first kappa shape index (κ1) is 18.3. The maximum Gasteiger partial charge on any atom is 0.273 e. The van der Waals surface area contributed by atoms with Crippen LogP contribution in [0.3, 0.4) is 0 Å². The van der Waals surface area contributed by atoms with Gasteiger partial charge in [-0.2, -0.15) is 0 Å². The molecule has 3 aromatic rings. The van der Waals surface area contributed by atoms with Crippen LogP contribution in [0.25, 0.3) is 5.69 Å². The Kier molecular flexibility index (Phi) is 6.19. The highest BCUT2D eigenvalue weighted by Gasteiger charge is 2.21. The third kappa shape index (κ3) is 4.39. The maximum atomic E-state index is 12.4. The van der Waals surface area contributed by atoms with Crippen molar-refractivity contribution in [3.05, 3.63) is 59.1 Å². The van der Waals surface area contributed by atoms with Gasteiger partial charge in [0.05, 0.1) is 11.4 Å². The number of hydrogen-bond donors (Lipinski definition) is 1. The summed E-state index contributed by atoms with van der Waals surface area (Å²) >= 11 is 7.38. The Morgan fingerprint density at radius 3 is 2.65 bits per heavy atom. The summed E-state index contributed by atoms with van der Waals surface area (Å²) in [5.41, 5.74) is 1.76. The van der Waals surface area contributed by atoms with Crippen molar-refractivity contribution in [2.75, 3.05) is 6.54 Å². The molecule has 0 aliphatic rings. The molecular formula is C17H17ClN6OS. The van der Waals surface area contributed by atoms with E-state index in [1.54, 1.807) is 35.3 Å². The summed E-state index contributed by atoms with van der Waals surface area (Å²) in [6, 6.07) is 8.96. The van der Waals surface area contributed by atoms with E-state index in [2.05, 4.69) is 25.6 Å². The number of halogens is 1. The van der Waals surface area contributed by atoms with E-state index < -0.39 is 0 Å². The number of hydrogen-bond acceptors (Lipinski definition) is 6. The number of aromatic nitrogens is 5. The minimum Gasteiger partial charge on any atom is -0.351 e. The molecule has 7 nitrogen and oxygen atoms in total. The molecule has 9 heteroatoms. The molecule has 0 radical (unpaired) electrons. The van der Waals surface area contributed by atoms with Crippen LogP contribution in [0.4, 0.5) is 0 Å². The molecule has 0 fully saturated rings. The van der Waals surface area contributed by atoms with Gasteiger partial charge in [0.15, 0.2) is 10.9 Å². The second kappa shape index (κ2) is 8.77. The molecule has 0 aliphatic carbocycles. The van der Waals surface area contributed by atoms with Crippen molar-refractivity contribution >= 4 is 29.3 Å². The van der Waals surface area contributed by atoms with Crippen LogP contribution in [0.5, 0.6) is 0 Å². The van der Waals surface area contributed by atoms with Crippen LogP contribution in [0.1, 0.15) is 29.5 Å². The van der Waals surface area contributed by atoms with E-state index in [9.17, 15) is 4.79 Å². The Morgan fingerprint density at radius 1 is 1.23 bits per heavy atom. The van der Waals surface area contributed by atoms with E-state index in [0.29, 0.717) is 33.9 Å². The van der Waals surface area contributed by atoms with E-state index in [-0.39, 0.29) is 5.91 Å². The Balaban J connectivity index is 1.92. The molecule has 134 valence electrons. The van der Waals surface area contributed by atoms with E-state index in [1.807, 2.05) is 19.1 Å². The van der Waals surface area contributed by atoms with Gasteiger partial charge in [0.2, 0.25) is 0 Å². The van der Waals surface area contributed by atoms with E-state index in [1.165, 1.54) is 11.8 Å². The van der Waals surface area contributed by atoms with Crippen molar-refractivity contribution in [2.24, 2.45) is 0 Å². The topological polar surface area (TPSA) is 85.6 Å². The fourth-order valence-electron chi connectivity index (χ4n) is 2.21. The van der Waals surface area contributed by atoms with Gasteiger partial charge in [-0.05, 0) is 36.8 Å². The van der Waals surface area contributed by atoms with Gasteiger partial charge in [-0.25, -0.2) is 14.6 Å². The van der Waals surface area contributed by atoms with Gasteiger partial charge < -0.3 is 5.32 Å². The monoisotopic (exact) mass is 388 g/mol. The van der Waals surface area contributed by atoms with Crippen molar-refractivity contribution in [1.29, 1.82) is 0 Å². The molecule has 0 saturated heterocycles. The van der Waals surface area contributed by atoms with Crippen molar-refractivity contribution in [3.8, 4) is 5.69 Å². The minimum absolute atomic E-state index is 0.239. The number of rotatable bonds is 7. The number of nitrogens with one attached hydrogen (secondary N) is 1.